The molecule has 0 bridgehead atoms. The smallest absolute Gasteiger partial charge is 0.274 e. The Labute approximate surface area is 97.9 Å². The van der Waals surface area contributed by atoms with E-state index in [-0.39, 0.29) is 5.56 Å². The van der Waals surface area contributed by atoms with Crippen LogP contribution < -0.4 is 11.0 Å². The highest BCUT2D eigenvalue weighted by atomic mass is 16.1. The lowest BCUT2D eigenvalue weighted by Crippen LogP contribution is -2.33. The first-order chi connectivity index (χ1) is 8.24. The van der Waals surface area contributed by atoms with Crippen molar-refractivity contribution in [2.24, 2.45) is 16.9 Å². The molecular weight excluding hydrogens is 218 g/mol. The summed E-state index contributed by atoms with van der Waals surface area (Å²) in [5, 5.41) is 11.8. The van der Waals surface area contributed by atoms with Crippen LogP contribution in [-0.4, -0.2) is 20.9 Å². The monoisotopic (exact) mass is 231 g/mol. The molecule has 0 aromatic carbocycles. The molecule has 17 heavy (non-hydrogen) atoms. The highest BCUT2D eigenvalue weighted by molar-refractivity contribution is 5.94. The molecule has 0 aliphatic heterocycles. The van der Waals surface area contributed by atoms with E-state index in [1.165, 1.54) is 0 Å². The van der Waals surface area contributed by atoms with Crippen molar-refractivity contribution in [2.45, 2.75) is 19.8 Å². The van der Waals surface area contributed by atoms with E-state index in [0.29, 0.717) is 23.5 Å². The maximum absolute atomic E-state index is 11.3. The molecule has 1 aromatic rings. The third kappa shape index (κ3) is 1.75. The number of rotatable bonds is 2. The standard InChI is InChI=1S/C11H13N5O/c1-6-10(17)12-11(15-13-6)16-14-9-5-7-3-2-4-8(7)9/h2-3,7-8H,4-5H2,1H3,(H2,12,15,16,17)/b14-9-/t7-,8-/m1/s1. The predicted octanol–water partition coefficient (Wildman–Crippen LogP) is 0.837. The lowest BCUT2D eigenvalue weighted by Gasteiger charge is -2.31. The Hall–Kier alpha value is -1.98. The summed E-state index contributed by atoms with van der Waals surface area (Å²) >= 11 is 0. The SMILES string of the molecule is Cc1nnc(N/N=C2/C[C@H]3C=CC[C@@H]23)[nH]c1=O. The molecule has 6 heteroatoms. The minimum absolute atomic E-state index is 0.239. The lowest BCUT2D eigenvalue weighted by atomic mass is 9.74. The minimum Gasteiger partial charge on any atom is -0.288 e. The van der Waals surface area contributed by atoms with Gasteiger partial charge >= 0.3 is 0 Å². The summed E-state index contributed by atoms with van der Waals surface area (Å²) in [4.78, 5) is 13.9. The normalized spacial score (nSPS) is 27.9. The van der Waals surface area contributed by atoms with Gasteiger partial charge in [0.05, 0.1) is 0 Å². The van der Waals surface area contributed by atoms with Gasteiger partial charge in [-0.1, -0.05) is 12.2 Å². The van der Waals surface area contributed by atoms with Crippen LogP contribution in [0.1, 0.15) is 18.5 Å². The van der Waals surface area contributed by atoms with Crippen molar-refractivity contribution >= 4 is 11.7 Å². The zero-order valence-electron chi connectivity index (χ0n) is 9.47. The summed E-state index contributed by atoms with van der Waals surface area (Å²) < 4.78 is 0. The number of aromatic nitrogens is 3. The number of hydrogen-bond acceptors (Lipinski definition) is 5. The summed E-state index contributed by atoms with van der Waals surface area (Å²) in [6, 6.07) is 0. The van der Waals surface area contributed by atoms with Gasteiger partial charge in [-0.2, -0.15) is 5.10 Å². The van der Waals surface area contributed by atoms with E-state index in [1.54, 1.807) is 6.92 Å². The molecule has 0 radical (unpaired) electrons. The van der Waals surface area contributed by atoms with Crippen molar-refractivity contribution in [2.75, 3.05) is 5.43 Å². The second kappa shape index (κ2) is 3.80. The Kier molecular flexibility index (Phi) is 2.28. The van der Waals surface area contributed by atoms with Gasteiger partial charge in [0.2, 0.25) is 5.95 Å². The number of aromatic amines is 1. The molecule has 6 nitrogen and oxygen atoms in total. The Bertz CT molecular complexity index is 559. The topological polar surface area (TPSA) is 83.0 Å². The highest BCUT2D eigenvalue weighted by Gasteiger charge is 2.37. The highest BCUT2D eigenvalue weighted by Crippen LogP contribution is 2.40. The van der Waals surface area contributed by atoms with Crippen LogP contribution in [0, 0.1) is 18.8 Å². The third-order valence-corrected chi connectivity index (χ3v) is 3.33. The zero-order valence-corrected chi connectivity index (χ0v) is 9.47. The number of nitrogens with one attached hydrogen (secondary N) is 2. The Morgan fingerprint density at radius 2 is 2.41 bits per heavy atom. The number of fused-ring (bicyclic) bond motifs is 1. The maximum atomic E-state index is 11.3. The van der Waals surface area contributed by atoms with Crippen molar-refractivity contribution in [1.82, 2.24) is 15.2 Å². The molecule has 2 atom stereocenters. The van der Waals surface area contributed by atoms with Gasteiger partial charge in [-0.15, -0.1) is 10.2 Å². The molecule has 2 aliphatic carbocycles. The summed E-state index contributed by atoms with van der Waals surface area (Å²) in [6.07, 6.45) is 6.52. The zero-order chi connectivity index (χ0) is 11.8. The second-order valence-electron chi connectivity index (χ2n) is 4.44. The molecule has 0 amide bonds. The summed E-state index contributed by atoms with van der Waals surface area (Å²) in [7, 11) is 0. The fraction of sp³-hybridized carbons (Fsp3) is 0.455. The number of allylic oxidation sites excluding steroid dienone is 2. The van der Waals surface area contributed by atoms with Gasteiger partial charge in [0.25, 0.3) is 5.56 Å². The van der Waals surface area contributed by atoms with Gasteiger partial charge in [-0.3, -0.25) is 9.78 Å². The van der Waals surface area contributed by atoms with Crippen LogP contribution in [0.3, 0.4) is 0 Å². The Balaban J connectivity index is 1.70. The molecule has 3 rings (SSSR count). The minimum atomic E-state index is -0.239. The fourth-order valence-corrected chi connectivity index (χ4v) is 2.23. The van der Waals surface area contributed by atoms with E-state index < -0.39 is 0 Å². The average molecular weight is 231 g/mol. The fourth-order valence-electron chi connectivity index (χ4n) is 2.23. The first kappa shape index (κ1) is 10.2. The van der Waals surface area contributed by atoms with Crippen LogP contribution in [0.5, 0.6) is 0 Å². The largest absolute Gasteiger partial charge is 0.288 e. The van der Waals surface area contributed by atoms with Gasteiger partial charge in [0, 0.05) is 11.6 Å². The number of hydrogen-bond donors (Lipinski definition) is 2. The third-order valence-electron chi connectivity index (χ3n) is 3.33. The van der Waals surface area contributed by atoms with Crippen LogP contribution in [0.25, 0.3) is 0 Å². The van der Waals surface area contributed by atoms with Crippen molar-refractivity contribution in [3.63, 3.8) is 0 Å². The number of aryl methyl sites for hydroxylation is 1. The summed E-state index contributed by atoms with van der Waals surface area (Å²) in [6.45, 7) is 1.61. The van der Waals surface area contributed by atoms with Crippen molar-refractivity contribution in [3.8, 4) is 0 Å². The van der Waals surface area contributed by atoms with Crippen LogP contribution in [-0.2, 0) is 0 Å². The quantitative estimate of drug-likeness (QED) is 0.583. The van der Waals surface area contributed by atoms with Crippen LogP contribution in [0.2, 0.25) is 0 Å². The van der Waals surface area contributed by atoms with Gasteiger partial charge in [-0.05, 0) is 25.7 Å². The number of nitrogens with zero attached hydrogens (tertiary/aromatic N) is 3. The van der Waals surface area contributed by atoms with E-state index in [1.807, 2.05) is 0 Å². The molecule has 2 aliphatic rings. The average Bonchev–Trinajstić information content (AvgIpc) is 2.66. The molecule has 0 unspecified atom stereocenters. The van der Waals surface area contributed by atoms with Gasteiger partial charge in [0.1, 0.15) is 5.69 Å². The molecule has 0 spiro atoms. The predicted molar refractivity (Wildman–Crippen MR) is 63.8 cm³/mol. The van der Waals surface area contributed by atoms with E-state index in [0.717, 1.165) is 18.6 Å². The molecule has 1 aromatic heterocycles. The van der Waals surface area contributed by atoms with Crippen molar-refractivity contribution in [3.05, 3.63) is 28.2 Å². The first-order valence-electron chi connectivity index (χ1n) is 5.67. The Morgan fingerprint density at radius 3 is 3.18 bits per heavy atom. The summed E-state index contributed by atoms with van der Waals surface area (Å²) in [5.41, 5.74) is 4.01. The van der Waals surface area contributed by atoms with E-state index >= 15 is 0 Å². The molecule has 1 saturated carbocycles. The number of hydrazone groups is 1. The Morgan fingerprint density at radius 1 is 1.53 bits per heavy atom. The maximum Gasteiger partial charge on any atom is 0.274 e. The number of H-pyrrole nitrogens is 1. The van der Waals surface area contributed by atoms with Crippen LogP contribution >= 0.6 is 0 Å². The summed E-state index contributed by atoms with van der Waals surface area (Å²) in [5.74, 6) is 1.51. The molecule has 1 heterocycles. The van der Waals surface area contributed by atoms with Gasteiger partial charge in [-0.25, -0.2) is 5.43 Å². The van der Waals surface area contributed by atoms with E-state index in [4.69, 9.17) is 0 Å². The number of anilines is 1. The van der Waals surface area contributed by atoms with E-state index in [2.05, 4.69) is 37.9 Å². The molecular formula is C11H13N5O. The second-order valence-corrected chi connectivity index (χ2v) is 4.44. The van der Waals surface area contributed by atoms with Crippen molar-refractivity contribution < 1.29 is 0 Å². The van der Waals surface area contributed by atoms with Gasteiger partial charge < -0.3 is 0 Å². The van der Waals surface area contributed by atoms with Crippen LogP contribution in [0.4, 0.5) is 5.95 Å². The van der Waals surface area contributed by atoms with Crippen LogP contribution in [0.15, 0.2) is 22.0 Å². The van der Waals surface area contributed by atoms with Crippen molar-refractivity contribution in [1.29, 1.82) is 0 Å². The van der Waals surface area contributed by atoms with E-state index in [9.17, 15) is 4.79 Å². The molecule has 88 valence electrons. The first-order valence-corrected chi connectivity index (χ1v) is 5.67. The molecule has 2 N–H and O–H groups in total. The molecule has 0 saturated heterocycles. The molecule has 1 fully saturated rings. The lowest BCUT2D eigenvalue weighted by molar-refractivity contribution is 0.466. The van der Waals surface area contributed by atoms with Gasteiger partial charge in [0.15, 0.2) is 0 Å².